The Kier molecular flexibility index (Phi) is 9.23. The number of nitrogens with one attached hydrogen (secondary N) is 2. The first kappa shape index (κ1) is 28.5. The lowest BCUT2D eigenvalue weighted by Crippen LogP contribution is -2.42. The molecule has 8 nitrogen and oxygen atoms in total. The second-order valence-corrected chi connectivity index (χ2v) is 10.7. The molecule has 1 aromatic heterocycles. The number of anilines is 2. The predicted molar refractivity (Wildman–Crippen MR) is 149 cm³/mol. The van der Waals surface area contributed by atoms with Crippen LogP contribution < -0.4 is 10.6 Å². The van der Waals surface area contributed by atoms with Gasteiger partial charge in [-0.05, 0) is 43.7 Å². The molecule has 0 bridgehead atoms. The Hall–Kier alpha value is -3.07. The summed E-state index contributed by atoms with van der Waals surface area (Å²) in [6, 6.07) is 12.2. The lowest BCUT2D eigenvalue weighted by molar-refractivity contribution is -0.116. The van der Waals surface area contributed by atoms with Crippen molar-refractivity contribution in [3.63, 3.8) is 0 Å². The molecular weight excluding hydrogens is 513 g/mol. The number of carbonyl (C=O) groups is 2. The number of methoxy groups -OCH3 is 1. The lowest BCUT2D eigenvalue weighted by atomic mass is 9.92. The van der Waals surface area contributed by atoms with Crippen molar-refractivity contribution >= 4 is 46.6 Å². The van der Waals surface area contributed by atoms with Crippen molar-refractivity contribution in [1.82, 2.24) is 14.7 Å². The summed E-state index contributed by atoms with van der Waals surface area (Å²) < 4.78 is 6.88. The van der Waals surface area contributed by atoms with Crippen LogP contribution in [-0.4, -0.2) is 53.4 Å². The Morgan fingerprint density at radius 2 is 1.78 bits per heavy atom. The predicted octanol–water partition coefficient (Wildman–Crippen LogP) is 6.21. The van der Waals surface area contributed by atoms with Gasteiger partial charge in [-0.15, -0.1) is 0 Å². The highest BCUT2D eigenvalue weighted by Crippen LogP contribution is 2.28. The Balaban J connectivity index is 1.84. The second kappa shape index (κ2) is 12.0. The van der Waals surface area contributed by atoms with Crippen molar-refractivity contribution in [2.45, 2.75) is 40.0 Å². The molecular formula is C27H33Cl2N5O3. The van der Waals surface area contributed by atoms with Gasteiger partial charge in [-0.2, -0.15) is 5.10 Å². The Bertz CT molecular complexity index is 1280. The fraction of sp³-hybridized carbons (Fsp3) is 0.370. The van der Waals surface area contributed by atoms with Gasteiger partial charge >= 0.3 is 6.03 Å². The van der Waals surface area contributed by atoms with Gasteiger partial charge in [-0.3, -0.25) is 4.79 Å². The van der Waals surface area contributed by atoms with Crippen LogP contribution in [0.4, 0.5) is 16.3 Å². The van der Waals surface area contributed by atoms with Crippen molar-refractivity contribution in [1.29, 1.82) is 0 Å². The zero-order valence-corrected chi connectivity index (χ0v) is 23.5. The van der Waals surface area contributed by atoms with Crippen LogP contribution in [0, 0.1) is 13.8 Å². The van der Waals surface area contributed by atoms with Gasteiger partial charge in [0.2, 0.25) is 5.91 Å². The highest BCUT2D eigenvalue weighted by molar-refractivity contribution is 6.36. The summed E-state index contributed by atoms with van der Waals surface area (Å²) in [7, 11) is 1.53. The fourth-order valence-corrected chi connectivity index (χ4v) is 4.11. The standard InChI is InChI=1S/C27H33Cl2N5O3/c1-17-7-10-22(18(2)13-17)34-24(15-23(32-34)27(3,4)5)31-25(35)16-33(11-12-37-6)26(36)30-21-9-8-19(28)14-20(21)29/h7-10,13-15H,11-12,16H2,1-6H3,(H,30,36)(H,31,35). The molecule has 37 heavy (non-hydrogen) atoms. The Morgan fingerprint density at radius 1 is 1.05 bits per heavy atom. The minimum atomic E-state index is -0.491. The van der Waals surface area contributed by atoms with E-state index in [1.54, 1.807) is 16.8 Å². The maximum atomic E-state index is 13.2. The maximum absolute atomic E-state index is 13.2. The molecule has 3 rings (SSSR count). The molecule has 3 amide bonds. The molecule has 0 unspecified atom stereocenters. The molecule has 2 aromatic carbocycles. The zero-order chi connectivity index (χ0) is 27.3. The van der Waals surface area contributed by atoms with E-state index in [-0.39, 0.29) is 31.0 Å². The number of hydrogen-bond acceptors (Lipinski definition) is 4. The topological polar surface area (TPSA) is 88.5 Å². The molecule has 0 radical (unpaired) electrons. The number of urea groups is 1. The summed E-state index contributed by atoms with van der Waals surface area (Å²) in [4.78, 5) is 27.5. The fourth-order valence-electron chi connectivity index (χ4n) is 3.66. The van der Waals surface area contributed by atoms with Crippen molar-refractivity contribution < 1.29 is 14.3 Å². The number of carbonyl (C=O) groups excluding carboxylic acids is 2. The van der Waals surface area contributed by atoms with Gasteiger partial charge < -0.3 is 20.3 Å². The van der Waals surface area contributed by atoms with E-state index in [1.165, 1.54) is 18.1 Å². The molecule has 0 saturated heterocycles. The minimum Gasteiger partial charge on any atom is -0.383 e. The van der Waals surface area contributed by atoms with E-state index in [4.69, 9.17) is 33.0 Å². The van der Waals surface area contributed by atoms with Crippen molar-refractivity contribution in [3.05, 3.63) is 69.3 Å². The molecule has 3 aromatic rings. The minimum absolute atomic E-state index is 0.199. The van der Waals surface area contributed by atoms with Crippen LogP contribution in [0.15, 0.2) is 42.5 Å². The van der Waals surface area contributed by atoms with Crippen molar-refractivity contribution in [2.24, 2.45) is 0 Å². The van der Waals surface area contributed by atoms with Gasteiger partial charge in [-0.25, -0.2) is 9.48 Å². The number of rotatable bonds is 8. The first-order valence-electron chi connectivity index (χ1n) is 11.9. The number of benzene rings is 2. The molecule has 10 heteroatoms. The molecule has 0 fully saturated rings. The van der Waals surface area contributed by atoms with E-state index in [0.29, 0.717) is 21.6 Å². The van der Waals surface area contributed by atoms with E-state index in [9.17, 15) is 9.59 Å². The van der Waals surface area contributed by atoms with E-state index < -0.39 is 6.03 Å². The van der Waals surface area contributed by atoms with Crippen LogP contribution in [0.3, 0.4) is 0 Å². The van der Waals surface area contributed by atoms with Crippen LogP contribution in [-0.2, 0) is 14.9 Å². The average molecular weight is 546 g/mol. The van der Waals surface area contributed by atoms with E-state index >= 15 is 0 Å². The summed E-state index contributed by atoms with van der Waals surface area (Å²) in [5.41, 5.74) is 4.01. The molecule has 0 aliphatic heterocycles. The van der Waals surface area contributed by atoms with Gasteiger partial charge in [0.25, 0.3) is 0 Å². The van der Waals surface area contributed by atoms with Crippen LogP contribution in [0.25, 0.3) is 5.69 Å². The van der Waals surface area contributed by atoms with E-state index in [1.807, 2.05) is 32.0 Å². The number of ether oxygens (including phenoxy) is 1. The highest BCUT2D eigenvalue weighted by atomic mass is 35.5. The number of amides is 3. The lowest BCUT2D eigenvalue weighted by Gasteiger charge is -2.23. The van der Waals surface area contributed by atoms with Gasteiger partial charge in [0.15, 0.2) is 0 Å². The molecule has 0 atom stereocenters. The van der Waals surface area contributed by atoms with Crippen molar-refractivity contribution in [2.75, 3.05) is 37.4 Å². The molecule has 2 N–H and O–H groups in total. The van der Waals surface area contributed by atoms with Crippen LogP contribution in [0.1, 0.15) is 37.6 Å². The molecule has 0 saturated carbocycles. The van der Waals surface area contributed by atoms with Gasteiger partial charge in [-0.1, -0.05) is 61.7 Å². The second-order valence-electron chi connectivity index (χ2n) is 9.88. The number of nitrogens with zero attached hydrogens (tertiary/aromatic N) is 3. The zero-order valence-electron chi connectivity index (χ0n) is 22.0. The normalized spacial score (nSPS) is 11.4. The average Bonchev–Trinajstić information content (AvgIpc) is 3.22. The Labute approximate surface area is 227 Å². The molecule has 198 valence electrons. The third-order valence-electron chi connectivity index (χ3n) is 5.69. The summed E-state index contributed by atoms with van der Waals surface area (Å²) in [5.74, 6) is 0.148. The largest absolute Gasteiger partial charge is 0.383 e. The molecule has 0 aliphatic rings. The maximum Gasteiger partial charge on any atom is 0.322 e. The molecule has 0 aliphatic carbocycles. The summed E-state index contributed by atoms with van der Waals surface area (Å²) in [6.07, 6.45) is 0. The SMILES string of the molecule is COCCN(CC(=O)Nc1cc(C(C)(C)C)nn1-c1ccc(C)cc1C)C(=O)Nc1ccc(Cl)cc1Cl. The number of halogens is 2. The smallest absolute Gasteiger partial charge is 0.322 e. The van der Waals surface area contributed by atoms with E-state index in [2.05, 4.69) is 37.5 Å². The Morgan fingerprint density at radius 3 is 2.41 bits per heavy atom. The van der Waals surface area contributed by atoms with Crippen molar-refractivity contribution in [3.8, 4) is 5.69 Å². The number of hydrogen-bond donors (Lipinski definition) is 2. The highest BCUT2D eigenvalue weighted by Gasteiger charge is 2.24. The number of aromatic nitrogens is 2. The first-order chi connectivity index (χ1) is 17.4. The quantitative estimate of drug-likeness (QED) is 0.352. The van der Waals surface area contributed by atoms with Gasteiger partial charge in [0.05, 0.1) is 28.7 Å². The molecule has 0 spiro atoms. The van der Waals surface area contributed by atoms with Crippen LogP contribution >= 0.6 is 23.2 Å². The number of aryl methyl sites for hydroxylation is 2. The summed E-state index contributed by atoms with van der Waals surface area (Å²) in [6.45, 7) is 10.5. The first-order valence-corrected chi connectivity index (χ1v) is 12.6. The van der Waals surface area contributed by atoms with E-state index in [0.717, 1.165) is 22.5 Å². The van der Waals surface area contributed by atoms with Gasteiger partial charge in [0, 0.05) is 30.2 Å². The van der Waals surface area contributed by atoms with Crippen LogP contribution in [0.5, 0.6) is 0 Å². The van der Waals surface area contributed by atoms with Crippen LogP contribution in [0.2, 0.25) is 10.0 Å². The molecule has 1 heterocycles. The summed E-state index contributed by atoms with van der Waals surface area (Å²) >= 11 is 12.2. The third-order valence-corrected chi connectivity index (χ3v) is 6.23. The van der Waals surface area contributed by atoms with Gasteiger partial charge in [0.1, 0.15) is 12.4 Å². The third kappa shape index (κ3) is 7.47. The summed E-state index contributed by atoms with van der Waals surface area (Å²) in [5, 5.41) is 11.2. The monoisotopic (exact) mass is 545 g/mol.